The Morgan fingerprint density at radius 2 is 2.22 bits per heavy atom. The van der Waals surface area contributed by atoms with E-state index in [-0.39, 0.29) is 0 Å². The maximum absolute atomic E-state index is 5.84. The lowest BCUT2D eigenvalue weighted by molar-refractivity contribution is 0.662. The van der Waals surface area contributed by atoms with E-state index in [2.05, 4.69) is 28.0 Å². The summed E-state index contributed by atoms with van der Waals surface area (Å²) < 4.78 is 1.80. The predicted octanol–water partition coefficient (Wildman–Crippen LogP) is 1.81. The summed E-state index contributed by atoms with van der Waals surface area (Å²) in [5.41, 5.74) is 7.74. The molecule has 5 nitrogen and oxygen atoms in total. The molecule has 0 saturated carbocycles. The van der Waals surface area contributed by atoms with Gasteiger partial charge < -0.3 is 10.6 Å². The zero-order valence-corrected chi connectivity index (χ0v) is 10.9. The predicted molar refractivity (Wildman–Crippen MR) is 73.2 cm³/mol. The van der Waals surface area contributed by atoms with Crippen molar-refractivity contribution in [1.82, 2.24) is 14.8 Å². The summed E-state index contributed by atoms with van der Waals surface area (Å²) in [5, 5.41) is 4.10. The highest BCUT2D eigenvalue weighted by molar-refractivity contribution is 5.55. The lowest BCUT2D eigenvalue weighted by Crippen LogP contribution is -2.25. The standard InChI is InChI=1S/C13H19N5/c1-3-7-18(9-13-15-10-16-17(13)2)12-6-4-5-11(14)8-12/h4-6,8,10H,3,7,9,14H2,1-2H3. The second kappa shape index (κ2) is 5.53. The van der Waals surface area contributed by atoms with Crippen LogP contribution in [-0.4, -0.2) is 21.3 Å². The molecule has 0 aliphatic heterocycles. The van der Waals surface area contributed by atoms with Crippen molar-refractivity contribution >= 4 is 11.4 Å². The molecule has 0 atom stereocenters. The molecule has 2 N–H and O–H groups in total. The van der Waals surface area contributed by atoms with Crippen LogP contribution in [0.15, 0.2) is 30.6 Å². The van der Waals surface area contributed by atoms with Crippen molar-refractivity contribution in [3.05, 3.63) is 36.4 Å². The summed E-state index contributed by atoms with van der Waals surface area (Å²) in [6.07, 6.45) is 2.66. The van der Waals surface area contributed by atoms with Crippen molar-refractivity contribution in [2.24, 2.45) is 7.05 Å². The van der Waals surface area contributed by atoms with E-state index in [9.17, 15) is 0 Å². The van der Waals surface area contributed by atoms with Crippen LogP contribution in [0.25, 0.3) is 0 Å². The Kier molecular flexibility index (Phi) is 3.82. The molecular formula is C13H19N5. The molecule has 0 fully saturated rings. The van der Waals surface area contributed by atoms with Gasteiger partial charge in [-0.05, 0) is 24.6 Å². The quantitative estimate of drug-likeness (QED) is 0.816. The van der Waals surface area contributed by atoms with Crippen molar-refractivity contribution < 1.29 is 0 Å². The van der Waals surface area contributed by atoms with Gasteiger partial charge in [0.15, 0.2) is 0 Å². The van der Waals surface area contributed by atoms with Crippen molar-refractivity contribution in [3.8, 4) is 0 Å². The topological polar surface area (TPSA) is 60.0 Å². The Morgan fingerprint density at radius 3 is 2.83 bits per heavy atom. The zero-order chi connectivity index (χ0) is 13.0. The first-order chi connectivity index (χ1) is 8.70. The number of anilines is 2. The number of nitrogens with two attached hydrogens (primary N) is 1. The number of aryl methyl sites for hydroxylation is 1. The monoisotopic (exact) mass is 245 g/mol. The Labute approximate surface area is 107 Å². The smallest absolute Gasteiger partial charge is 0.146 e. The van der Waals surface area contributed by atoms with Gasteiger partial charge in [0, 0.05) is 25.0 Å². The second-order valence-electron chi connectivity index (χ2n) is 4.32. The van der Waals surface area contributed by atoms with Gasteiger partial charge >= 0.3 is 0 Å². The van der Waals surface area contributed by atoms with Crippen LogP contribution in [0.4, 0.5) is 11.4 Å². The van der Waals surface area contributed by atoms with Crippen LogP contribution in [0.3, 0.4) is 0 Å². The van der Waals surface area contributed by atoms with Crippen LogP contribution < -0.4 is 10.6 Å². The van der Waals surface area contributed by atoms with Gasteiger partial charge in [-0.2, -0.15) is 5.10 Å². The van der Waals surface area contributed by atoms with Crippen LogP contribution in [0.1, 0.15) is 19.2 Å². The van der Waals surface area contributed by atoms with Gasteiger partial charge in [0.2, 0.25) is 0 Å². The molecule has 1 aromatic heterocycles. The normalized spacial score (nSPS) is 10.6. The molecule has 2 aromatic rings. The average molecular weight is 245 g/mol. The summed E-state index contributed by atoms with van der Waals surface area (Å²) >= 11 is 0. The summed E-state index contributed by atoms with van der Waals surface area (Å²) in [7, 11) is 1.91. The number of hydrogen-bond acceptors (Lipinski definition) is 4. The molecule has 0 radical (unpaired) electrons. The van der Waals surface area contributed by atoms with Crippen LogP contribution in [0, 0.1) is 0 Å². The fraction of sp³-hybridized carbons (Fsp3) is 0.385. The maximum Gasteiger partial charge on any atom is 0.146 e. The van der Waals surface area contributed by atoms with Crippen LogP contribution >= 0.6 is 0 Å². The zero-order valence-electron chi connectivity index (χ0n) is 10.9. The summed E-state index contributed by atoms with van der Waals surface area (Å²) in [4.78, 5) is 6.53. The van der Waals surface area contributed by atoms with Gasteiger partial charge in [0.05, 0.1) is 6.54 Å². The Hall–Kier alpha value is -2.04. The minimum absolute atomic E-state index is 0.744. The van der Waals surface area contributed by atoms with E-state index in [0.29, 0.717) is 0 Å². The lowest BCUT2D eigenvalue weighted by Gasteiger charge is -2.24. The molecule has 96 valence electrons. The van der Waals surface area contributed by atoms with Gasteiger partial charge in [-0.3, -0.25) is 4.68 Å². The van der Waals surface area contributed by atoms with E-state index < -0.39 is 0 Å². The molecule has 1 heterocycles. The first kappa shape index (κ1) is 12.4. The molecule has 5 heteroatoms. The molecule has 0 amide bonds. The van der Waals surface area contributed by atoms with Crippen LogP contribution in [0.2, 0.25) is 0 Å². The van der Waals surface area contributed by atoms with Gasteiger partial charge in [0.25, 0.3) is 0 Å². The molecule has 0 bridgehead atoms. The Balaban J connectivity index is 2.20. The molecule has 0 unspecified atom stereocenters. The number of benzene rings is 1. The van der Waals surface area contributed by atoms with E-state index in [1.165, 1.54) is 0 Å². The summed E-state index contributed by atoms with van der Waals surface area (Å²) in [6, 6.07) is 7.94. The van der Waals surface area contributed by atoms with Crippen molar-refractivity contribution in [2.45, 2.75) is 19.9 Å². The first-order valence-electron chi connectivity index (χ1n) is 6.14. The van der Waals surface area contributed by atoms with Gasteiger partial charge in [-0.15, -0.1) is 0 Å². The minimum atomic E-state index is 0.744. The number of aromatic nitrogens is 3. The highest BCUT2D eigenvalue weighted by Crippen LogP contribution is 2.19. The number of rotatable bonds is 5. The van der Waals surface area contributed by atoms with E-state index >= 15 is 0 Å². The highest BCUT2D eigenvalue weighted by atomic mass is 15.3. The van der Waals surface area contributed by atoms with Crippen molar-refractivity contribution in [3.63, 3.8) is 0 Å². The fourth-order valence-corrected chi connectivity index (χ4v) is 1.92. The Morgan fingerprint density at radius 1 is 1.39 bits per heavy atom. The van der Waals surface area contributed by atoms with Crippen molar-refractivity contribution in [2.75, 3.05) is 17.2 Å². The third-order valence-electron chi connectivity index (χ3n) is 2.87. The van der Waals surface area contributed by atoms with Crippen LogP contribution in [-0.2, 0) is 13.6 Å². The lowest BCUT2D eigenvalue weighted by atomic mass is 10.2. The molecule has 0 aliphatic carbocycles. The number of hydrogen-bond donors (Lipinski definition) is 1. The third-order valence-corrected chi connectivity index (χ3v) is 2.87. The fourth-order valence-electron chi connectivity index (χ4n) is 1.92. The van der Waals surface area contributed by atoms with E-state index in [4.69, 9.17) is 5.73 Å². The van der Waals surface area contributed by atoms with E-state index in [1.54, 1.807) is 11.0 Å². The number of nitrogen functional groups attached to an aromatic ring is 1. The van der Waals surface area contributed by atoms with E-state index in [1.807, 2.05) is 25.2 Å². The molecule has 18 heavy (non-hydrogen) atoms. The highest BCUT2D eigenvalue weighted by Gasteiger charge is 2.10. The molecule has 0 aliphatic rings. The molecule has 1 aromatic carbocycles. The summed E-state index contributed by atoms with van der Waals surface area (Å²) in [6.45, 7) is 3.88. The van der Waals surface area contributed by atoms with Crippen LogP contribution in [0.5, 0.6) is 0 Å². The second-order valence-corrected chi connectivity index (χ2v) is 4.32. The summed E-state index contributed by atoms with van der Waals surface area (Å²) in [5.74, 6) is 0.950. The minimum Gasteiger partial charge on any atom is -0.399 e. The van der Waals surface area contributed by atoms with Gasteiger partial charge in [-0.25, -0.2) is 4.98 Å². The largest absolute Gasteiger partial charge is 0.399 e. The van der Waals surface area contributed by atoms with Crippen molar-refractivity contribution in [1.29, 1.82) is 0 Å². The average Bonchev–Trinajstić information content (AvgIpc) is 2.74. The molecule has 0 spiro atoms. The van der Waals surface area contributed by atoms with E-state index in [0.717, 1.165) is 36.7 Å². The SMILES string of the molecule is CCCN(Cc1ncnn1C)c1cccc(N)c1. The number of nitrogens with zero attached hydrogens (tertiary/aromatic N) is 4. The first-order valence-corrected chi connectivity index (χ1v) is 6.14. The molecule has 2 rings (SSSR count). The van der Waals surface area contributed by atoms with Gasteiger partial charge in [0.1, 0.15) is 12.2 Å². The molecule has 0 saturated heterocycles. The third kappa shape index (κ3) is 2.80. The van der Waals surface area contributed by atoms with Gasteiger partial charge in [-0.1, -0.05) is 13.0 Å². The maximum atomic E-state index is 5.84. The Bertz CT molecular complexity index is 506. The molecular weight excluding hydrogens is 226 g/mol.